The van der Waals surface area contributed by atoms with Gasteiger partial charge in [-0.15, -0.1) is 0 Å². The van der Waals surface area contributed by atoms with Crippen LogP contribution in [0.5, 0.6) is 5.75 Å². The number of aryl methyl sites for hydroxylation is 1. The predicted molar refractivity (Wildman–Crippen MR) is 79.4 cm³/mol. The van der Waals surface area contributed by atoms with Gasteiger partial charge in [0.25, 0.3) is 0 Å². The summed E-state index contributed by atoms with van der Waals surface area (Å²) in [7, 11) is 0. The van der Waals surface area contributed by atoms with E-state index in [1.807, 2.05) is 13.8 Å². The molecule has 3 heteroatoms. The molecule has 0 saturated heterocycles. The van der Waals surface area contributed by atoms with Crippen LogP contribution in [-0.2, 0) is 9.53 Å². The highest BCUT2D eigenvalue weighted by molar-refractivity contribution is 5.80. The first kappa shape index (κ1) is 14.9. The molecule has 110 valence electrons. The number of hydrogen-bond acceptors (Lipinski definition) is 3. The lowest BCUT2D eigenvalue weighted by Crippen LogP contribution is -2.17. The molecule has 3 nitrogen and oxygen atoms in total. The molecule has 0 amide bonds. The molecule has 1 heterocycles. The van der Waals surface area contributed by atoms with E-state index >= 15 is 0 Å². The Morgan fingerprint density at radius 2 is 2.20 bits per heavy atom. The summed E-state index contributed by atoms with van der Waals surface area (Å²) in [6, 6.07) is 4.21. The Labute approximate surface area is 121 Å². The van der Waals surface area contributed by atoms with Crippen LogP contribution in [0.4, 0.5) is 0 Å². The largest absolute Gasteiger partial charge is 0.493 e. The Hall–Kier alpha value is -1.51. The molecule has 0 saturated carbocycles. The van der Waals surface area contributed by atoms with E-state index in [9.17, 15) is 4.79 Å². The zero-order valence-corrected chi connectivity index (χ0v) is 12.9. The van der Waals surface area contributed by atoms with Crippen LogP contribution in [0, 0.1) is 6.92 Å². The summed E-state index contributed by atoms with van der Waals surface area (Å²) >= 11 is 0. The van der Waals surface area contributed by atoms with Gasteiger partial charge in [0.15, 0.2) is 0 Å². The van der Waals surface area contributed by atoms with Gasteiger partial charge in [-0.25, -0.2) is 0 Å². The first-order valence-corrected chi connectivity index (χ1v) is 7.49. The summed E-state index contributed by atoms with van der Waals surface area (Å²) in [5.74, 6) is 0.982. The maximum absolute atomic E-state index is 12.3. The second-order valence-corrected chi connectivity index (χ2v) is 5.66. The quantitative estimate of drug-likeness (QED) is 0.784. The fourth-order valence-corrected chi connectivity index (χ4v) is 2.85. The Bertz CT molecular complexity index is 491. The van der Waals surface area contributed by atoms with Gasteiger partial charge in [0, 0.05) is 5.56 Å². The monoisotopic (exact) mass is 276 g/mol. The van der Waals surface area contributed by atoms with Crippen LogP contribution in [0.3, 0.4) is 0 Å². The second kappa shape index (κ2) is 6.29. The Morgan fingerprint density at radius 1 is 1.45 bits per heavy atom. The van der Waals surface area contributed by atoms with Crippen LogP contribution in [0.25, 0.3) is 0 Å². The van der Waals surface area contributed by atoms with Crippen molar-refractivity contribution in [2.75, 3.05) is 13.2 Å². The van der Waals surface area contributed by atoms with Gasteiger partial charge in [-0.3, -0.25) is 4.79 Å². The third kappa shape index (κ3) is 2.82. The second-order valence-electron chi connectivity index (χ2n) is 5.66. The minimum atomic E-state index is -0.189. The van der Waals surface area contributed by atoms with Crippen molar-refractivity contribution in [1.82, 2.24) is 0 Å². The fourth-order valence-electron chi connectivity index (χ4n) is 2.85. The van der Waals surface area contributed by atoms with Crippen LogP contribution < -0.4 is 4.74 Å². The molecule has 0 radical (unpaired) electrons. The molecule has 0 fully saturated rings. The zero-order chi connectivity index (χ0) is 14.7. The Kier molecular flexibility index (Phi) is 4.69. The normalized spacial score (nSPS) is 18.1. The molecule has 0 spiro atoms. The number of hydrogen-bond donors (Lipinski definition) is 0. The molecule has 0 N–H and O–H groups in total. The highest BCUT2D eigenvalue weighted by Gasteiger charge is 2.30. The van der Waals surface area contributed by atoms with Gasteiger partial charge in [-0.1, -0.05) is 26.0 Å². The molecule has 1 unspecified atom stereocenters. The number of ether oxygens (including phenoxy) is 2. The summed E-state index contributed by atoms with van der Waals surface area (Å²) in [6.45, 7) is 9.30. The standard InChI is InChI=1S/C17H24O3/c1-5-19-17(18)14-7-6-10-20-16-13(11(2)3)9-8-12(4)15(14)16/h8-9,11,14H,5-7,10H2,1-4H3. The van der Waals surface area contributed by atoms with Crippen molar-refractivity contribution in [1.29, 1.82) is 0 Å². The molecular weight excluding hydrogens is 252 g/mol. The topological polar surface area (TPSA) is 35.5 Å². The van der Waals surface area contributed by atoms with Gasteiger partial charge in [0.2, 0.25) is 0 Å². The highest BCUT2D eigenvalue weighted by Crippen LogP contribution is 2.41. The highest BCUT2D eigenvalue weighted by atomic mass is 16.5. The van der Waals surface area contributed by atoms with Crippen LogP contribution in [0.1, 0.15) is 62.1 Å². The van der Waals surface area contributed by atoms with Crippen LogP contribution in [-0.4, -0.2) is 19.2 Å². The predicted octanol–water partition coefficient (Wildman–Crippen LogP) is 3.94. The molecule has 1 aromatic rings. The first-order chi connectivity index (χ1) is 9.56. The van der Waals surface area contributed by atoms with Crippen molar-refractivity contribution >= 4 is 5.97 Å². The van der Waals surface area contributed by atoms with Gasteiger partial charge >= 0.3 is 5.97 Å². The summed E-state index contributed by atoms with van der Waals surface area (Å²) in [6.07, 6.45) is 1.68. The molecular formula is C17H24O3. The van der Waals surface area contributed by atoms with E-state index in [0.717, 1.165) is 29.7 Å². The van der Waals surface area contributed by atoms with Crippen molar-refractivity contribution in [2.45, 2.75) is 52.4 Å². The molecule has 0 bridgehead atoms. The summed E-state index contributed by atoms with van der Waals surface area (Å²) in [4.78, 5) is 12.3. The first-order valence-electron chi connectivity index (χ1n) is 7.49. The van der Waals surface area contributed by atoms with Gasteiger partial charge in [0.1, 0.15) is 5.75 Å². The van der Waals surface area contributed by atoms with E-state index < -0.39 is 0 Å². The van der Waals surface area contributed by atoms with E-state index in [1.54, 1.807) is 0 Å². The van der Waals surface area contributed by atoms with Gasteiger partial charge < -0.3 is 9.47 Å². The van der Waals surface area contributed by atoms with E-state index in [-0.39, 0.29) is 11.9 Å². The van der Waals surface area contributed by atoms with Gasteiger partial charge in [-0.2, -0.15) is 0 Å². The smallest absolute Gasteiger partial charge is 0.313 e. The molecule has 1 aliphatic rings. The number of rotatable bonds is 3. The minimum absolute atomic E-state index is 0.122. The minimum Gasteiger partial charge on any atom is -0.493 e. The lowest BCUT2D eigenvalue weighted by Gasteiger charge is -2.21. The maximum Gasteiger partial charge on any atom is 0.313 e. The van der Waals surface area contributed by atoms with Crippen molar-refractivity contribution in [3.8, 4) is 5.75 Å². The Balaban J connectivity index is 2.52. The SMILES string of the molecule is CCOC(=O)C1CCCOc2c(C(C)C)ccc(C)c21. The average Bonchev–Trinajstić information content (AvgIpc) is 2.62. The van der Waals surface area contributed by atoms with Gasteiger partial charge in [0.05, 0.1) is 19.1 Å². The van der Waals surface area contributed by atoms with E-state index in [0.29, 0.717) is 19.1 Å². The molecule has 1 atom stereocenters. The molecule has 0 aromatic heterocycles. The number of carbonyl (C=O) groups is 1. The van der Waals surface area contributed by atoms with E-state index in [1.165, 1.54) is 5.56 Å². The average molecular weight is 276 g/mol. The van der Waals surface area contributed by atoms with Crippen molar-refractivity contribution in [3.05, 3.63) is 28.8 Å². The Morgan fingerprint density at radius 3 is 2.85 bits per heavy atom. The van der Waals surface area contributed by atoms with Gasteiger partial charge in [-0.05, 0) is 43.7 Å². The zero-order valence-electron chi connectivity index (χ0n) is 12.9. The molecule has 20 heavy (non-hydrogen) atoms. The number of fused-ring (bicyclic) bond motifs is 1. The summed E-state index contributed by atoms with van der Waals surface area (Å²) < 4.78 is 11.2. The van der Waals surface area contributed by atoms with Crippen molar-refractivity contribution in [2.24, 2.45) is 0 Å². The van der Waals surface area contributed by atoms with Crippen LogP contribution in [0.15, 0.2) is 12.1 Å². The number of benzene rings is 1. The molecule has 0 aliphatic carbocycles. The number of carbonyl (C=O) groups excluding carboxylic acids is 1. The third-order valence-corrected chi connectivity index (χ3v) is 3.87. The van der Waals surface area contributed by atoms with E-state index in [2.05, 4.69) is 26.0 Å². The molecule has 1 aromatic carbocycles. The summed E-state index contributed by atoms with van der Waals surface area (Å²) in [5.41, 5.74) is 3.33. The lowest BCUT2D eigenvalue weighted by atomic mass is 9.87. The molecule has 2 rings (SSSR count). The molecule has 1 aliphatic heterocycles. The fraction of sp³-hybridized carbons (Fsp3) is 0.588. The third-order valence-electron chi connectivity index (χ3n) is 3.87. The summed E-state index contributed by atoms with van der Waals surface area (Å²) in [5, 5.41) is 0. The van der Waals surface area contributed by atoms with Crippen molar-refractivity contribution < 1.29 is 14.3 Å². The van der Waals surface area contributed by atoms with Crippen LogP contribution in [0.2, 0.25) is 0 Å². The lowest BCUT2D eigenvalue weighted by molar-refractivity contribution is -0.145. The maximum atomic E-state index is 12.3. The van der Waals surface area contributed by atoms with Crippen LogP contribution >= 0.6 is 0 Å². The number of esters is 1. The van der Waals surface area contributed by atoms with Crippen molar-refractivity contribution in [3.63, 3.8) is 0 Å². The van der Waals surface area contributed by atoms with E-state index in [4.69, 9.17) is 9.47 Å².